The lowest BCUT2D eigenvalue weighted by Gasteiger charge is -2.19. The fourth-order valence-corrected chi connectivity index (χ4v) is 2.93. The third-order valence-corrected chi connectivity index (χ3v) is 4.23. The summed E-state index contributed by atoms with van der Waals surface area (Å²) in [7, 11) is 0. The Hall–Kier alpha value is -2.40. The van der Waals surface area contributed by atoms with Crippen LogP contribution in [0, 0.1) is 6.92 Å². The second-order valence-electron chi connectivity index (χ2n) is 4.97. The third-order valence-electron chi connectivity index (χ3n) is 3.61. The predicted octanol–water partition coefficient (Wildman–Crippen LogP) is 3.71. The van der Waals surface area contributed by atoms with Gasteiger partial charge in [-0.3, -0.25) is 4.79 Å². The molecule has 3 rings (SSSR count). The van der Waals surface area contributed by atoms with Crippen molar-refractivity contribution in [3.63, 3.8) is 0 Å². The van der Waals surface area contributed by atoms with Crippen LogP contribution in [0.25, 0.3) is 16.8 Å². The van der Waals surface area contributed by atoms with Crippen molar-refractivity contribution < 1.29 is 9.90 Å². The van der Waals surface area contributed by atoms with Crippen LogP contribution in [0.2, 0.25) is 0 Å². The van der Waals surface area contributed by atoms with E-state index in [1.54, 1.807) is 13.0 Å². The topological polar surface area (TPSA) is 59.3 Å². The summed E-state index contributed by atoms with van der Waals surface area (Å²) in [5.41, 5.74) is 2.50. The molecule has 0 saturated carbocycles. The van der Waals surface area contributed by atoms with Gasteiger partial charge in [-0.25, -0.2) is 4.79 Å². The number of rotatable bonds is 2. The number of para-hydroxylation sites is 1. The molecule has 0 saturated heterocycles. The molecule has 22 heavy (non-hydrogen) atoms. The van der Waals surface area contributed by atoms with Crippen LogP contribution >= 0.6 is 15.9 Å². The van der Waals surface area contributed by atoms with Crippen molar-refractivity contribution in [2.24, 2.45) is 0 Å². The molecule has 0 radical (unpaired) electrons. The normalized spacial score (nSPS) is 10.8. The number of halogens is 1. The van der Waals surface area contributed by atoms with E-state index >= 15 is 0 Å². The van der Waals surface area contributed by atoms with Crippen LogP contribution < -0.4 is 5.43 Å². The number of pyridine rings is 1. The van der Waals surface area contributed by atoms with Crippen LogP contribution in [0.4, 0.5) is 0 Å². The number of nitrogens with zero attached hydrogens (tertiary/aromatic N) is 1. The van der Waals surface area contributed by atoms with Crippen molar-refractivity contribution >= 4 is 21.9 Å². The minimum Gasteiger partial charge on any atom is -0.478 e. The van der Waals surface area contributed by atoms with Crippen LogP contribution in [0.3, 0.4) is 0 Å². The zero-order chi connectivity index (χ0) is 15.9. The summed E-state index contributed by atoms with van der Waals surface area (Å²) in [5.74, 6) is -1.05. The molecule has 1 heterocycles. The van der Waals surface area contributed by atoms with E-state index < -0.39 is 5.97 Å². The smallest absolute Gasteiger partial charge is 0.338 e. The van der Waals surface area contributed by atoms with Gasteiger partial charge >= 0.3 is 5.97 Å². The van der Waals surface area contributed by atoms with Crippen molar-refractivity contribution in [1.29, 1.82) is 0 Å². The molecule has 0 amide bonds. The second-order valence-corrected chi connectivity index (χ2v) is 5.82. The minimum atomic E-state index is -1.05. The minimum absolute atomic E-state index is 0.144. The number of aromatic nitrogens is 1. The summed E-state index contributed by atoms with van der Waals surface area (Å²) < 4.78 is 2.24. The van der Waals surface area contributed by atoms with E-state index in [4.69, 9.17) is 0 Å². The van der Waals surface area contributed by atoms with Gasteiger partial charge in [-0.2, -0.15) is 0 Å². The summed E-state index contributed by atoms with van der Waals surface area (Å²) in [6.07, 6.45) is 1.84. The highest BCUT2D eigenvalue weighted by Gasteiger charge is 2.21. The van der Waals surface area contributed by atoms with Gasteiger partial charge in [0.1, 0.15) is 0 Å². The van der Waals surface area contributed by atoms with E-state index in [0.717, 1.165) is 5.69 Å². The summed E-state index contributed by atoms with van der Waals surface area (Å²) in [4.78, 5) is 23.5. The van der Waals surface area contributed by atoms with Crippen molar-refractivity contribution in [1.82, 2.24) is 4.57 Å². The number of aromatic carboxylic acids is 1. The Morgan fingerprint density at radius 2 is 1.86 bits per heavy atom. The highest BCUT2D eigenvalue weighted by Crippen LogP contribution is 2.30. The van der Waals surface area contributed by atoms with E-state index in [1.807, 2.05) is 41.1 Å². The van der Waals surface area contributed by atoms with Crippen LogP contribution in [-0.2, 0) is 0 Å². The van der Waals surface area contributed by atoms with Crippen LogP contribution in [-0.4, -0.2) is 15.6 Å². The number of hydrogen-bond acceptors (Lipinski definition) is 2. The fourth-order valence-electron chi connectivity index (χ4n) is 2.57. The number of carbonyl (C=O) groups is 1. The number of carboxylic acids is 1. The molecule has 0 atom stereocenters. The van der Waals surface area contributed by atoms with Crippen molar-refractivity contribution in [3.05, 3.63) is 74.6 Å². The highest BCUT2D eigenvalue weighted by molar-refractivity contribution is 9.10. The monoisotopic (exact) mass is 357 g/mol. The van der Waals surface area contributed by atoms with Gasteiger partial charge in [0.25, 0.3) is 0 Å². The van der Waals surface area contributed by atoms with E-state index in [0.29, 0.717) is 21.3 Å². The van der Waals surface area contributed by atoms with Gasteiger partial charge in [0.05, 0.1) is 10.0 Å². The highest BCUT2D eigenvalue weighted by atomic mass is 79.9. The van der Waals surface area contributed by atoms with E-state index in [9.17, 15) is 14.7 Å². The van der Waals surface area contributed by atoms with E-state index in [-0.39, 0.29) is 11.0 Å². The Morgan fingerprint density at radius 3 is 2.50 bits per heavy atom. The Kier molecular flexibility index (Phi) is 3.58. The molecule has 0 spiro atoms. The Bertz CT molecular complexity index is 900. The molecule has 0 unspecified atom stereocenters. The van der Waals surface area contributed by atoms with Gasteiger partial charge in [0.2, 0.25) is 0 Å². The van der Waals surface area contributed by atoms with Crippen LogP contribution in [0.15, 0.2) is 57.9 Å². The maximum absolute atomic E-state index is 11.8. The molecule has 4 nitrogen and oxygen atoms in total. The molecule has 5 heteroatoms. The van der Waals surface area contributed by atoms with Crippen LogP contribution in [0.5, 0.6) is 0 Å². The second kappa shape index (κ2) is 5.42. The van der Waals surface area contributed by atoms with Crippen molar-refractivity contribution in [2.45, 2.75) is 6.92 Å². The Morgan fingerprint density at radius 1 is 1.18 bits per heavy atom. The molecular formula is C17H12BrNO3. The average Bonchev–Trinajstić information content (AvgIpc) is 2.49. The maximum atomic E-state index is 11.8. The SMILES string of the molecule is Cc1c(C(=O)O)c2cc(=O)c(Br)cc-2cn1-c1ccccc1. The molecule has 1 aromatic carbocycles. The fraction of sp³-hybridized carbons (Fsp3) is 0.0588. The largest absolute Gasteiger partial charge is 0.478 e. The summed E-state index contributed by atoms with van der Waals surface area (Å²) >= 11 is 3.21. The number of fused-ring (bicyclic) bond motifs is 1. The lowest BCUT2D eigenvalue weighted by Crippen LogP contribution is -2.14. The zero-order valence-corrected chi connectivity index (χ0v) is 13.3. The molecule has 1 aromatic rings. The van der Waals surface area contributed by atoms with Gasteiger partial charge in [-0.1, -0.05) is 18.2 Å². The number of carboxylic acid groups (broad SMARTS) is 1. The molecule has 1 aliphatic heterocycles. The first-order valence-electron chi connectivity index (χ1n) is 6.63. The Labute approximate surface area is 135 Å². The molecule has 0 aromatic heterocycles. The maximum Gasteiger partial charge on any atom is 0.338 e. The molecule has 2 aliphatic rings. The van der Waals surface area contributed by atoms with Gasteiger partial charge in [0.15, 0.2) is 5.43 Å². The summed E-state index contributed by atoms with van der Waals surface area (Å²) in [6.45, 7) is 1.74. The quantitative estimate of drug-likeness (QED) is 0.760. The lowest BCUT2D eigenvalue weighted by molar-refractivity contribution is 0.0696. The number of benzene rings is 2. The third kappa shape index (κ3) is 2.33. The van der Waals surface area contributed by atoms with Crippen molar-refractivity contribution in [3.8, 4) is 16.8 Å². The molecular weight excluding hydrogens is 346 g/mol. The Balaban J connectivity index is 2.44. The first-order chi connectivity index (χ1) is 10.5. The number of hydrogen-bond donors (Lipinski definition) is 1. The predicted molar refractivity (Wildman–Crippen MR) is 88.1 cm³/mol. The summed E-state index contributed by atoms with van der Waals surface area (Å²) in [5, 5.41) is 9.57. The molecule has 1 N–H and O–H groups in total. The molecule has 0 bridgehead atoms. The summed E-state index contributed by atoms with van der Waals surface area (Å²) in [6, 6.07) is 12.5. The first kappa shape index (κ1) is 14.5. The molecule has 0 fully saturated rings. The molecule has 1 aliphatic carbocycles. The van der Waals surface area contributed by atoms with Crippen LogP contribution in [0.1, 0.15) is 16.1 Å². The van der Waals surface area contributed by atoms with Gasteiger partial charge in [-0.15, -0.1) is 0 Å². The zero-order valence-electron chi connectivity index (χ0n) is 11.7. The average molecular weight is 358 g/mol. The van der Waals surface area contributed by atoms with Crippen molar-refractivity contribution in [2.75, 3.05) is 0 Å². The molecule has 110 valence electrons. The first-order valence-corrected chi connectivity index (χ1v) is 7.42. The lowest BCUT2D eigenvalue weighted by atomic mass is 9.97. The van der Waals surface area contributed by atoms with E-state index in [1.165, 1.54) is 6.07 Å². The standard InChI is InChI=1S/C17H12BrNO3/c1-10-16(17(21)22)13-8-15(20)14(18)7-11(13)9-19(10)12-5-3-2-4-6-12/h2-9H,1H3,(H,21,22). The van der Waals surface area contributed by atoms with Gasteiger partial charge in [-0.05, 0) is 47.1 Å². The van der Waals surface area contributed by atoms with Gasteiger partial charge in [0, 0.05) is 28.7 Å². The van der Waals surface area contributed by atoms with Gasteiger partial charge < -0.3 is 9.67 Å². The van der Waals surface area contributed by atoms with E-state index in [2.05, 4.69) is 15.9 Å².